The lowest BCUT2D eigenvalue weighted by molar-refractivity contribution is -0.148. The summed E-state index contributed by atoms with van der Waals surface area (Å²) in [5, 5.41) is 8.84. The van der Waals surface area contributed by atoms with Gasteiger partial charge >= 0.3 is 11.7 Å². The number of carbonyl (C=O) groups excluding carboxylic acids is 1. The molecule has 19 heavy (non-hydrogen) atoms. The van der Waals surface area contributed by atoms with E-state index in [4.69, 9.17) is 5.11 Å². The van der Waals surface area contributed by atoms with Crippen LogP contribution >= 0.6 is 0 Å². The van der Waals surface area contributed by atoms with Crippen LogP contribution in [0, 0.1) is 0 Å². The zero-order chi connectivity index (χ0) is 14.6. The Bertz CT molecular complexity index is 530. The molecule has 1 heterocycles. The van der Waals surface area contributed by atoms with Gasteiger partial charge in [0.1, 0.15) is 13.1 Å². The fourth-order valence-electron chi connectivity index (χ4n) is 1.57. The lowest BCUT2D eigenvalue weighted by Gasteiger charge is -2.34. The van der Waals surface area contributed by atoms with Crippen molar-refractivity contribution in [2.24, 2.45) is 0 Å². The first kappa shape index (κ1) is 14.9. The SMILES string of the molecule is CC(C)(C)N(CC(=O)O)C(=O)Cn1cccnc1=O. The molecular formula is C12H17N3O4. The Labute approximate surface area is 110 Å². The van der Waals surface area contributed by atoms with Gasteiger partial charge < -0.3 is 10.0 Å². The first-order valence-corrected chi connectivity index (χ1v) is 5.75. The van der Waals surface area contributed by atoms with Gasteiger partial charge in [-0.3, -0.25) is 14.2 Å². The van der Waals surface area contributed by atoms with E-state index in [1.54, 1.807) is 20.8 Å². The molecule has 0 saturated heterocycles. The first-order chi connectivity index (χ1) is 8.71. The standard InChI is InChI=1S/C12H17N3O4/c1-12(2,3)15(8-10(17)18)9(16)7-14-6-4-5-13-11(14)19/h4-6H,7-8H2,1-3H3,(H,17,18). The van der Waals surface area contributed by atoms with E-state index in [2.05, 4.69) is 4.98 Å². The van der Waals surface area contributed by atoms with E-state index in [0.29, 0.717) is 0 Å². The van der Waals surface area contributed by atoms with Crippen molar-refractivity contribution in [2.45, 2.75) is 32.9 Å². The van der Waals surface area contributed by atoms with E-state index in [-0.39, 0.29) is 6.54 Å². The van der Waals surface area contributed by atoms with Gasteiger partial charge in [0.25, 0.3) is 0 Å². The molecule has 0 atom stereocenters. The Morgan fingerprint density at radius 3 is 2.53 bits per heavy atom. The molecule has 0 aliphatic carbocycles. The number of carboxylic acid groups (broad SMARTS) is 1. The van der Waals surface area contributed by atoms with Gasteiger partial charge in [0.05, 0.1) is 0 Å². The van der Waals surface area contributed by atoms with Gasteiger partial charge in [0, 0.05) is 17.9 Å². The molecule has 1 aromatic heterocycles. The van der Waals surface area contributed by atoms with Crippen molar-refractivity contribution in [1.82, 2.24) is 14.5 Å². The molecule has 0 radical (unpaired) electrons. The minimum absolute atomic E-state index is 0.225. The number of rotatable bonds is 4. The van der Waals surface area contributed by atoms with Crippen molar-refractivity contribution < 1.29 is 14.7 Å². The van der Waals surface area contributed by atoms with E-state index in [1.807, 2.05) is 0 Å². The maximum Gasteiger partial charge on any atom is 0.347 e. The van der Waals surface area contributed by atoms with Crippen molar-refractivity contribution in [3.63, 3.8) is 0 Å². The molecule has 0 saturated carbocycles. The van der Waals surface area contributed by atoms with Crippen LogP contribution in [0.3, 0.4) is 0 Å². The molecule has 0 fully saturated rings. The second-order valence-electron chi connectivity index (χ2n) is 5.07. The molecule has 0 bridgehead atoms. The molecule has 1 rings (SSSR count). The summed E-state index contributed by atoms with van der Waals surface area (Å²) in [6.45, 7) is 4.58. The number of nitrogens with zero attached hydrogens (tertiary/aromatic N) is 3. The van der Waals surface area contributed by atoms with Crippen molar-refractivity contribution in [3.05, 3.63) is 28.9 Å². The summed E-state index contributed by atoms with van der Waals surface area (Å²) in [7, 11) is 0. The van der Waals surface area contributed by atoms with Gasteiger partial charge in [-0.1, -0.05) is 0 Å². The maximum absolute atomic E-state index is 12.1. The summed E-state index contributed by atoms with van der Waals surface area (Å²) < 4.78 is 1.14. The molecule has 0 aliphatic heterocycles. The first-order valence-electron chi connectivity index (χ1n) is 5.75. The van der Waals surface area contributed by atoms with Gasteiger partial charge in [0.2, 0.25) is 5.91 Å². The minimum Gasteiger partial charge on any atom is -0.480 e. The van der Waals surface area contributed by atoms with Crippen LogP contribution in [-0.4, -0.2) is 43.5 Å². The Morgan fingerprint density at radius 2 is 2.05 bits per heavy atom. The van der Waals surface area contributed by atoms with Gasteiger partial charge in [-0.05, 0) is 26.8 Å². The number of carboxylic acids is 1. The van der Waals surface area contributed by atoms with E-state index in [9.17, 15) is 14.4 Å². The highest BCUT2D eigenvalue weighted by atomic mass is 16.4. The van der Waals surface area contributed by atoms with Crippen LogP contribution in [0.2, 0.25) is 0 Å². The number of carbonyl (C=O) groups is 2. The number of amides is 1. The Hall–Kier alpha value is -2.18. The predicted octanol–water partition coefficient (Wildman–Crippen LogP) is -0.0450. The van der Waals surface area contributed by atoms with Crippen LogP contribution in [0.1, 0.15) is 20.8 Å². The van der Waals surface area contributed by atoms with Gasteiger partial charge in [0.15, 0.2) is 0 Å². The largest absolute Gasteiger partial charge is 0.480 e. The summed E-state index contributed by atoms with van der Waals surface area (Å²) in [6.07, 6.45) is 2.77. The average Bonchev–Trinajstić information content (AvgIpc) is 2.27. The highest BCUT2D eigenvalue weighted by Gasteiger charge is 2.28. The fraction of sp³-hybridized carbons (Fsp3) is 0.500. The molecule has 0 spiro atoms. The highest BCUT2D eigenvalue weighted by Crippen LogP contribution is 2.13. The van der Waals surface area contributed by atoms with Crippen molar-refractivity contribution in [2.75, 3.05) is 6.54 Å². The predicted molar refractivity (Wildman–Crippen MR) is 67.6 cm³/mol. The second kappa shape index (κ2) is 5.64. The maximum atomic E-state index is 12.1. The van der Waals surface area contributed by atoms with Crippen LogP contribution < -0.4 is 5.69 Å². The summed E-state index contributed by atoms with van der Waals surface area (Å²) in [5.41, 5.74) is -1.18. The Kier molecular flexibility index (Phi) is 4.42. The molecular weight excluding hydrogens is 250 g/mol. The number of aliphatic carboxylic acids is 1. The number of hydrogen-bond acceptors (Lipinski definition) is 4. The lowest BCUT2D eigenvalue weighted by atomic mass is 10.1. The van der Waals surface area contributed by atoms with E-state index < -0.39 is 29.6 Å². The topological polar surface area (TPSA) is 92.5 Å². The second-order valence-corrected chi connectivity index (χ2v) is 5.07. The zero-order valence-corrected chi connectivity index (χ0v) is 11.2. The molecule has 0 aromatic carbocycles. The zero-order valence-electron chi connectivity index (χ0n) is 11.2. The monoisotopic (exact) mass is 267 g/mol. The van der Waals surface area contributed by atoms with Crippen molar-refractivity contribution in [3.8, 4) is 0 Å². The van der Waals surface area contributed by atoms with Crippen molar-refractivity contribution >= 4 is 11.9 Å². The van der Waals surface area contributed by atoms with E-state index in [1.165, 1.54) is 23.4 Å². The molecule has 0 unspecified atom stereocenters. The summed E-state index contributed by atoms with van der Waals surface area (Å²) in [5.74, 6) is -1.54. The minimum atomic E-state index is -1.10. The average molecular weight is 267 g/mol. The Balaban J connectivity index is 2.93. The normalized spacial score (nSPS) is 11.1. The molecule has 7 nitrogen and oxygen atoms in total. The van der Waals surface area contributed by atoms with Crippen LogP contribution in [0.5, 0.6) is 0 Å². The lowest BCUT2D eigenvalue weighted by Crippen LogP contribution is -2.50. The molecule has 1 amide bonds. The van der Waals surface area contributed by atoms with Gasteiger partial charge in [-0.2, -0.15) is 0 Å². The fourth-order valence-corrected chi connectivity index (χ4v) is 1.57. The highest BCUT2D eigenvalue weighted by molar-refractivity contribution is 5.81. The Morgan fingerprint density at radius 1 is 1.42 bits per heavy atom. The smallest absolute Gasteiger partial charge is 0.347 e. The van der Waals surface area contributed by atoms with Gasteiger partial charge in [-0.25, -0.2) is 9.78 Å². The summed E-state index contributed by atoms with van der Waals surface area (Å²) in [4.78, 5) is 39.1. The third-order valence-electron chi connectivity index (χ3n) is 2.49. The summed E-state index contributed by atoms with van der Waals surface area (Å²) >= 11 is 0. The van der Waals surface area contributed by atoms with E-state index >= 15 is 0 Å². The molecule has 7 heteroatoms. The van der Waals surface area contributed by atoms with Crippen LogP contribution in [0.4, 0.5) is 0 Å². The van der Waals surface area contributed by atoms with E-state index in [0.717, 1.165) is 4.57 Å². The quantitative estimate of drug-likeness (QED) is 0.826. The summed E-state index contributed by atoms with van der Waals surface area (Å²) in [6, 6.07) is 1.54. The number of hydrogen-bond donors (Lipinski definition) is 1. The van der Waals surface area contributed by atoms with Gasteiger partial charge in [-0.15, -0.1) is 0 Å². The molecule has 104 valence electrons. The molecule has 1 aromatic rings. The third kappa shape index (κ3) is 4.20. The third-order valence-corrected chi connectivity index (χ3v) is 2.49. The van der Waals surface area contributed by atoms with Crippen LogP contribution in [0.15, 0.2) is 23.3 Å². The van der Waals surface area contributed by atoms with Crippen LogP contribution in [-0.2, 0) is 16.1 Å². The molecule has 0 aliphatic rings. The molecule has 1 N–H and O–H groups in total. The number of aromatic nitrogens is 2. The van der Waals surface area contributed by atoms with Crippen molar-refractivity contribution in [1.29, 1.82) is 0 Å². The van der Waals surface area contributed by atoms with Crippen LogP contribution in [0.25, 0.3) is 0 Å².